The van der Waals surface area contributed by atoms with Gasteiger partial charge in [-0.25, -0.2) is 4.68 Å². The molecule has 4 aromatic rings. The van der Waals surface area contributed by atoms with E-state index in [-0.39, 0.29) is 0 Å². The van der Waals surface area contributed by atoms with E-state index < -0.39 is 0 Å². The maximum atomic E-state index is 5.73. The van der Waals surface area contributed by atoms with Gasteiger partial charge in [-0.3, -0.25) is 0 Å². The third-order valence-corrected chi connectivity index (χ3v) is 5.03. The molecule has 0 saturated carbocycles. The highest BCUT2D eigenvalue weighted by Crippen LogP contribution is 2.24. The van der Waals surface area contributed by atoms with Gasteiger partial charge in [0.25, 0.3) is 0 Å². The second-order valence-electron chi connectivity index (χ2n) is 5.40. The van der Waals surface area contributed by atoms with E-state index in [0.29, 0.717) is 29.2 Å². The molecule has 0 amide bonds. The topological polar surface area (TPSA) is 82.5 Å². The van der Waals surface area contributed by atoms with Crippen molar-refractivity contribution in [2.24, 2.45) is 0 Å². The molecule has 2 aromatic carbocycles. The molecule has 7 nitrogen and oxygen atoms in total. The molecule has 2 heterocycles. The summed E-state index contributed by atoms with van der Waals surface area (Å²) in [6.45, 7) is 0.615. The average molecular weight is 429 g/mol. The fourth-order valence-corrected chi connectivity index (χ4v) is 3.28. The molecular formula is C17H13BrN6OS. The van der Waals surface area contributed by atoms with E-state index in [4.69, 9.17) is 4.42 Å². The van der Waals surface area contributed by atoms with Crippen molar-refractivity contribution in [1.82, 2.24) is 30.4 Å². The number of halogens is 1. The highest BCUT2D eigenvalue weighted by Gasteiger charge is 2.12. The van der Waals surface area contributed by atoms with Crippen molar-refractivity contribution in [3.8, 4) is 11.5 Å². The number of hydrogen-bond acceptors (Lipinski definition) is 7. The van der Waals surface area contributed by atoms with Gasteiger partial charge in [0.15, 0.2) is 0 Å². The van der Waals surface area contributed by atoms with Gasteiger partial charge in [-0.15, -0.1) is 15.3 Å². The molecule has 0 bridgehead atoms. The van der Waals surface area contributed by atoms with Crippen LogP contribution in [0, 0.1) is 0 Å². The fraction of sp³-hybridized carbons (Fsp3) is 0.118. The Morgan fingerprint density at radius 1 is 0.962 bits per heavy atom. The first-order valence-corrected chi connectivity index (χ1v) is 9.57. The van der Waals surface area contributed by atoms with Crippen LogP contribution in [-0.2, 0) is 12.3 Å². The van der Waals surface area contributed by atoms with Crippen LogP contribution in [0.2, 0.25) is 0 Å². The van der Waals surface area contributed by atoms with E-state index in [1.165, 1.54) is 11.8 Å². The Morgan fingerprint density at radius 3 is 2.58 bits per heavy atom. The van der Waals surface area contributed by atoms with Crippen LogP contribution >= 0.6 is 27.7 Å². The van der Waals surface area contributed by atoms with Crippen molar-refractivity contribution in [2.75, 3.05) is 0 Å². The Kier molecular flexibility index (Phi) is 5.07. The van der Waals surface area contributed by atoms with Crippen molar-refractivity contribution < 1.29 is 4.42 Å². The smallest absolute Gasteiger partial charge is 0.247 e. The fourth-order valence-electron chi connectivity index (χ4n) is 2.30. The Morgan fingerprint density at radius 2 is 1.77 bits per heavy atom. The van der Waals surface area contributed by atoms with Crippen molar-refractivity contribution in [1.29, 1.82) is 0 Å². The highest BCUT2D eigenvalue weighted by atomic mass is 79.9. The third-order valence-electron chi connectivity index (χ3n) is 3.56. The van der Waals surface area contributed by atoms with E-state index in [2.05, 4.69) is 41.7 Å². The molecule has 0 unspecified atom stereocenters. The summed E-state index contributed by atoms with van der Waals surface area (Å²) in [5.41, 5.74) is 2.02. The van der Waals surface area contributed by atoms with E-state index >= 15 is 0 Å². The molecule has 9 heteroatoms. The second-order valence-corrected chi connectivity index (χ2v) is 7.26. The van der Waals surface area contributed by atoms with Gasteiger partial charge in [0.2, 0.25) is 16.9 Å². The quantitative estimate of drug-likeness (QED) is 0.431. The minimum atomic E-state index is 0.497. The summed E-state index contributed by atoms with van der Waals surface area (Å²) < 4.78 is 8.49. The van der Waals surface area contributed by atoms with Crippen molar-refractivity contribution in [2.45, 2.75) is 17.5 Å². The van der Waals surface area contributed by atoms with Gasteiger partial charge in [0.05, 0.1) is 12.3 Å². The summed E-state index contributed by atoms with van der Waals surface area (Å²) >= 11 is 4.87. The predicted octanol–water partition coefficient (Wildman–Crippen LogP) is 3.83. The van der Waals surface area contributed by atoms with Crippen LogP contribution in [0.1, 0.15) is 11.5 Å². The lowest BCUT2D eigenvalue weighted by molar-refractivity contribution is 0.527. The monoisotopic (exact) mass is 428 g/mol. The van der Waals surface area contributed by atoms with E-state index in [1.807, 2.05) is 54.6 Å². The van der Waals surface area contributed by atoms with Gasteiger partial charge in [-0.2, -0.15) is 0 Å². The molecule has 0 aliphatic carbocycles. The average Bonchev–Trinajstić information content (AvgIpc) is 3.31. The number of rotatable bonds is 6. The standard InChI is InChI=1S/C17H13BrN6OS/c18-14-8-6-13(7-9-14)16-20-19-15(25-16)11-26-17-21-22-23-24(17)10-12-4-2-1-3-5-12/h1-9H,10-11H2. The van der Waals surface area contributed by atoms with Gasteiger partial charge in [0.1, 0.15) is 0 Å². The van der Waals surface area contributed by atoms with Crippen LogP contribution in [0.4, 0.5) is 0 Å². The molecule has 0 aliphatic rings. The Balaban J connectivity index is 1.42. The maximum Gasteiger partial charge on any atom is 0.247 e. The van der Waals surface area contributed by atoms with Crippen LogP contribution in [0.5, 0.6) is 0 Å². The molecular weight excluding hydrogens is 416 g/mol. The van der Waals surface area contributed by atoms with E-state index in [0.717, 1.165) is 15.6 Å². The Bertz CT molecular complexity index is 986. The first kappa shape index (κ1) is 16.9. The molecule has 0 N–H and O–H groups in total. The van der Waals surface area contributed by atoms with Crippen LogP contribution in [0.3, 0.4) is 0 Å². The second kappa shape index (κ2) is 7.79. The molecule has 0 atom stereocenters. The van der Waals surface area contributed by atoms with Crippen LogP contribution in [0.15, 0.2) is 68.6 Å². The van der Waals surface area contributed by atoms with Crippen LogP contribution in [0.25, 0.3) is 11.5 Å². The molecule has 0 radical (unpaired) electrons. The van der Waals surface area contributed by atoms with Gasteiger partial charge in [0, 0.05) is 10.0 Å². The minimum Gasteiger partial charge on any atom is -0.420 e. The lowest BCUT2D eigenvalue weighted by atomic mass is 10.2. The van der Waals surface area contributed by atoms with Gasteiger partial charge in [-0.05, 0) is 40.3 Å². The summed E-state index contributed by atoms with van der Waals surface area (Å²) in [6.07, 6.45) is 0. The molecule has 0 aliphatic heterocycles. The van der Waals surface area contributed by atoms with Crippen LogP contribution in [-0.4, -0.2) is 30.4 Å². The van der Waals surface area contributed by atoms with Gasteiger partial charge >= 0.3 is 0 Å². The number of hydrogen-bond donors (Lipinski definition) is 0. The largest absolute Gasteiger partial charge is 0.420 e. The molecule has 4 rings (SSSR count). The predicted molar refractivity (Wildman–Crippen MR) is 100 cm³/mol. The Labute approximate surface area is 162 Å². The van der Waals surface area contributed by atoms with E-state index in [9.17, 15) is 0 Å². The van der Waals surface area contributed by atoms with Gasteiger partial charge in [-0.1, -0.05) is 58.0 Å². The first-order chi connectivity index (χ1) is 12.8. The van der Waals surface area contributed by atoms with Gasteiger partial charge < -0.3 is 4.42 Å². The summed E-state index contributed by atoms with van der Waals surface area (Å²) in [5.74, 6) is 1.53. The lowest BCUT2D eigenvalue weighted by Crippen LogP contribution is -2.03. The molecule has 0 saturated heterocycles. The summed E-state index contributed by atoms with van der Waals surface area (Å²) in [5, 5.41) is 20.8. The minimum absolute atomic E-state index is 0.497. The number of aromatic nitrogens is 6. The highest BCUT2D eigenvalue weighted by molar-refractivity contribution is 9.10. The molecule has 26 heavy (non-hydrogen) atoms. The Hall–Kier alpha value is -2.52. The normalized spacial score (nSPS) is 11.0. The SMILES string of the molecule is Brc1ccc(-c2nnc(CSc3nnnn3Cc3ccccc3)o2)cc1. The van der Waals surface area contributed by atoms with Crippen molar-refractivity contribution in [3.05, 3.63) is 70.5 Å². The zero-order chi connectivity index (χ0) is 17.8. The zero-order valence-electron chi connectivity index (χ0n) is 13.5. The summed E-state index contributed by atoms with van der Waals surface area (Å²) in [6, 6.07) is 17.8. The number of tetrazole rings is 1. The first-order valence-electron chi connectivity index (χ1n) is 7.79. The molecule has 130 valence electrons. The molecule has 2 aromatic heterocycles. The summed E-state index contributed by atoms with van der Waals surface area (Å²) in [7, 11) is 0. The number of benzene rings is 2. The number of thioether (sulfide) groups is 1. The summed E-state index contributed by atoms with van der Waals surface area (Å²) in [4.78, 5) is 0. The zero-order valence-corrected chi connectivity index (χ0v) is 15.9. The lowest BCUT2D eigenvalue weighted by Gasteiger charge is -2.03. The van der Waals surface area contributed by atoms with Crippen LogP contribution < -0.4 is 0 Å². The third kappa shape index (κ3) is 4.00. The van der Waals surface area contributed by atoms with Crippen molar-refractivity contribution >= 4 is 27.7 Å². The number of nitrogens with zero attached hydrogens (tertiary/aromatic N) is 6. The molecule has 0 fully saturated rings. The van der Waals surface area contributed by atoms with E-state index in [1.54, 1.807) is 4.68 Å². The molecule has 0 spiro atoms. The van der Waals surface area contributed by atoms with Crippen molar-refractivity contribution in [3.63, 3.8) is 0 Å². The maximum absolute atomic E-state index is 5.73.